The number of rotatable bonds is 12. The molecule has 4 aliphatic heterocycles. The molecule has 20 atom stereocenters. The van der Waals surface area contributed by atoms with Gasteiger partial charge in [-0.05, 0) is 0 Å². The average Bonchev–Trinajstić information content (AvgIpc) is 3.08. The summed E-state index contributed by atoms with van der Waals surface area (Å²) in [5.41, 5.74) is 0. The van der Waals surface area contributed by atoms with Gasteiger partial charge in [0.05, 0.1) is 26.4 Å². The molecule has 4 fully saturated rings. The Morgan fingerprint density at radius 1 is 0.510 bits per heavy atom. The zero-order valence-corrected chi connectivity index (χ0v) is 27.4. The summed E-state index contributed by atoms with van der Waals surface area (Å²) in [6.07, 6.45) is -31.9. The van der Waals surface area contributed by atoms with Crippen LogP contribution in [0.1, 0.15) is 13.8 Å². The highest BCUT2D eigenvalue weighted by molar-refractivity contribution is 5.73. The molecule has 0 spiro atoms. The van der Waals surface area contributed by atoms with Crippen molar-refractivity contribution in [3.63, 3.8) is 0 Å². The minimum Gasteiger partial charge on any atom is -0.394 e. The molecule has 0 aliphatic carbocycles. The van der Waals surface area contributed by atoms with E-state index >= 15 is 0 Å². The molecule has 0 aromatic carbocycles. The van der Waals surface area contributed by atoms with Gasteiger partial charge in [-0.3, -0.25) is 9.59 Å². The van der Waals surface area contributed by atoms with Crippen LogP contribution in [0, 0.1) is 0 Å². The molecule has 0 bridgehead atoms. The van der Waals surface area contributed by atoms with E-state index in [0.29, 0.717) is 0 Å². The summed E-state index contributed by atoms with van der Waals surface area (Å²) in [6.45, 7) is -1.03. The van der Waals surface area contributed by atoms with Crippen molar-refractivity contribution in [2.24, 2.45) is 0 Å². The first kappa shape index (κ1) is 41.9. The molecule has 1 unspecified atom stereocenters. The molecule has 296 valence electrons. The number of hydrogen-bond acceptors (Lipinski definition) is 21. The Kier molecular flexibility index (Phi) is 14.8. The van der Waals surface area contributed by atoms with Crippen molar-refractivity contribution in [2.75, 3.05) is 26.4 Å². The number of aliphatic hydroxyl groups is 12. The Morgan fingerprint density at radius 2 is 0.941 bits per heavy atom. The molecule has 14 N–H and O–H groups in total. The second-order valence-corrected chi connectivity index (χ2v) is 12.7. The smallest absolute Gasteiger partial charge is 0.217 e. The van der Waals surface area contributed by atoms with Crippen LogP contribution in [0.2, 0.25) is 0 Å². The third kappa shape index (κ3) is 9.29. The highest BCUT2D eigenvalue weighted by atomic mass is 16.8. The normalized spacial score (nSPS) is 47.8. The van der Waals surface area contributed by atoms with Gasteiger partial charge < -0.3 is 105 Å². The molecule has 4 aliphatic rings. The van der Waals surface area contributed by atoms with Crippen molar-refractivity contribution >= 4 is 11.8 Å². The number of carbonyl (C=O) groups excluding carboxylic acids is 2. The van der Waals surface area contributed by atoms with Gasteiger partial charge >= 0.3 is 0 Å². The lowest BCUT2D eigenvalue weighted by Crippen LogP contribution is -2.69. The maximum absolute atomic E-state index is 12.0. The summed E-state index contributed by atoms with van der Waals surface area (Å²) in [4.78, 5) is 23.8. The monoisotopic (exact) mass is 748 g/mol. The van der Waals surface area contributed by atoms with Crippen LogP contribution in [0.15, 0.2) is 0 Å². The maximum Gasteiger partial charge on any atom is 0.217 e. The van der Waals surface area contributed by atoms with Gasteiger partial charge in [0.2, 0.25) is 11.8 Å². The Balaban J connectivity index is 1.63. The fraction of sp³-hybridized carbons (Fsp3) is 0.929. The van der Waals surface area contributed by atoms with Crippen molar-refractivity contribution < 1.29 is 104 Å². The summed E-state index contributed by atoms with van der Waals surface area (Å²) in [6, 6.07) is -2.96. The second kappa shape index (κ2) is 18.0. The zero-order valence-electron chi connectivity index (χ0n) is 27.4. The average molecular weight is 749 g/mol. The molecular formula is C28H48N2O21. The van der Waals surface area contributed by atoms with Gasteiger partial charge in [0.25, 0.3) is 0 Å². The number of ether oxygens (including phenoxy) is 7. The van der Waals surface area contributed by atoms with E-state index < -0.39 is 161 Å². The standard InChI is InChI=1S/C28H48N2O21/c1-7(34)29-13-19(40)15(36)9(3-31)47-26(13)45-6-12-17(38)21(42)24(28(49-12)50-23-18(39)11(5-33)46-25(44)22(23)43)51-27-14(30-8(2)35)20(41)16(37)10(4-32)48-27/h9-28,31-33,36-44H,3-6H2,1-2H3,(H,29,34)(H,30,35)/t9-,10-,11-,12-,13-,14-,15-,16-,17-,18-,19-,20-,21+,22+,23+,24+,25?,26-,27+,28-/m1/s1. The largest absolute Gasteiger partial charge is 0.394 e. The van der Waals surface area contributed by atoms with Gasteiger partial charge in [0.1, 0.15) is 97.5 Å². The van der Waals surface area contributed by atoms with Crippen LogP contribution < -0.4 is 10.6 Å². The number of carbonyl (C=O) groups is 2. The highest BCUT2D eigenvalue weighted by Crippen LogP contribution is 2.33. The quantitative estimate of drug-likeness (QED) is 0.0881. The third-order valence-electron chi connectivity index (χ3n) is 8.99. The Hall–Kier alpha value is -1.82. The SMILES string of the molecule is CC(=O)N[C@H]1[C@H](OC[C@H]2O[C@H](O[C@H]3[C@H](O)[C@@H](CO)OC(O)[C@H]3O)[C@@H](O[C@@H]3O[C@H](CO)[C@@H](O)[C@H](O)[C@H]3NC(C)=O)[C@@H](O)[C@@H]2O)O[C@H](CO)[C@@H](O)[C@@H]1O. The topological polar surface area (TPSA) is 366 Å². The minimum absolute atomic E-state index is 0.663. The van der Waals surface area contributed by atoms with Crippen LogP contribution in [0.5, 0.6) is 0 Å². The van der Waals surface area contributed by atoms with Gasteiger partial charge in [-0.2, -0.15) is 0 Å². The maximum atomic E-state index is 12.0. The van der Waals surface area contributed by atoms with E-state index in [1.54, 1.807) is 0 Å². The summed E-state index contributed by atoms with van der Waals surface area (Å²) in [5.74, 6) is -1.39. The first-order chi connectivity index (χ1) is 24.0. The highest BCUT2D eigenvalue weighted by Gasteiger charge is 2.55. The predicted molar refractivity (Wildman–Crippen MR) is 157 cm³/mol. The van der Waals surface area contributed by atoms with Crippen molar-refractivity contribution in [3.05, 3.63) is 0 Å². The molecule has 4 rings (SSSR count). The summed E-state index contributed by atoms with van der Waals surface area (Å²) < 4.78 is 39.2. The Morgan fingerprint density at radius 3 is 1.45 bits per heavy atom. The molecule has 23 nitrogen and oxygen atoms in total. The van der Waals surface area contributed by atoms with Crippen molar-refractivity contribution in [1.82, 2.24) is 10.6 Å². The van der Waals surface area contributed by atoms with E-state index in [1.165, 1.54) is 0 Å². The molecule has 2 amide bonds. The molecular weight excluding hydrogens is 700 g/mol. The fourth-order valence-corrected chi connectivity index (χ4v) is 6.22. The second-order valence-electron chi connectivity index (χ2n) is 12.7. The van der Waals surface area contributed by atoms with Crippen molar-refractivity contribution in [3.8, 4) is 0 Å². The van der Waals surface area contributed by atoms with Crippen LogP contribution in [-0.4, -0.2) is 222 Å². The van der Waals surface area contributed by atoms with Gasteiger partial charge in [0.15, 0.2) is 25.2 Å². The predicted octanol–water partition coefficient (Wildman–Crippen LogP) is -9.46. The summed E-state index contributed by atoms with van der Waals surface area (Å²) >= 11 is 0. The van der Waals surface area contributed by atoms with Crippen molar-refractivity contribution in [1.29, 1.82) is 0 Å². The molecule has 23 heteroatoms. The molecule has 4 heterocycles. The number of hydrogen-bond donors (Lipinski definition) is 14. The Bertz CT molecular complexity index is 1140. The van der Waals surface area contributed by atoms with E-state index in [9.17, 15) is 70.9 Å². The van der Waals surface area contributed by atoms with E-state index in [-0.39, 0.29) is 0 Å². The van der Waals surface area contributed by atoms with Crippen LogP contribution in [-0.2, 0) is 42.7 Å². The van der Waals surface area contributed by atoms with E-state index in [4.69, 9.17) is 33.2 Å². The first-order valence-corrected chi connectivity index (χ1v) is 16.1. The number of amides is 2. The lowest BCUT2D eigenvalue weighted by molar-refractivity contribution is -0.384. The first-order valence-electron chi connectivity index (χ1n) is 16.1. The third-order valence-corrected chi connectivity index (χ3v) is 8.99. The Labute approximate surface area is 289 Å². The van der Waals surface area contributed by atoms with Crippen molar-refractivity contribution in [2.45, 2.75) is 137 Å². The fourth-order valence-electron chi connectivity index (χ4n) is 6.22. The molecule has 51 heavy (non-hydrogen) atoms. The number of nitrogens with one attached hydrogen (secondary N) is 2. The molecule has 0 aromatic heterocycles. The lowest BCUT2D eigenvalue weighted by Gasteiger charge is -2.49. The van der Waals surface area contributed by atoms with Crippen LogP contribution >= 0.6 is 0 Å². The molecule has 4 saturated heterocycles. The van der Waals surface area contributed by atoms with Gasteiger partial charge in [0, 0.05) is 13.8 Å². The minimum atomic E-state index is -2.07. The van der Waals surface area contributed by atoms with E-state index in [2.05, 4.69) is 10.6 Å². The van der Waals surface area contributed by atoms with E-state index in [1.807, 2.05) is 0 Å². The molecule has 0 saturated carbocycles. The lowest BCUT2D eigenvalue weighted by atomic mass is 9.95. The molecule has 0 aromatic rings. The van der Waals surface area contributed by atoms with Crippen LogP contribution in [0.4, 0.5) is 0 Å². The zero-order chi connectivity index (χ0) is 37.9. The van der Waals surface area contributed by atoms with Crippen LogP contribution in [0.25, 0.3) is 0 Å². The number of aliphatic hydroxyl groups excluding tert-OH is 12. The molecule has 0 radical (unpaired) electrons. The summed E-state index contributed by atoms with van der Waals surface area (Å²) in [7, 11) is 0. The van der Waals surface area contributed by atoms with Crippen LogP contribution in [0.3, 0.4) is 0 Å². The van der Waals surface area contributed by atoms with Gasteiger partial charge in [-0.15, -0.1) is 0 Å². The van der Waals surface area contributed by atoms with Gasteiger partial charge in [-0.1, -0.05) is 0 Å². The summed E-state index contributed by atoms with van der Waals surface area (Å²) in [5, 5.41) is 130. The van der Waals surface area contributed by atoms with Gasteiger partial charge in [-0.25, -0.2) is 0 Å². The van der Waals surface area contributed by atoms with E-state index in [0.717, 1.165) is 13.8 Å².